The van der Waals surface area contributed by atoms with Crippen LogP contribution < -0.4 is 5.32 Å². The lowest BCUT2D eigenvalue weighted by molar-refractivity contribution is -0.380. The standard InChI is InChI=1S/C12H12N2O3S/c1-8-4-10(2-3-11(8)15)13-6-9-5-12(14(16)17)18-7-9/h2-5,7,13,15H,6H2,1H3. The molecular weight excluding hydrogens is 252 g/mol. The van der Waals surface area contributed by atoms with Crippen LogP contribution in [-0.4, -0.2) is 10.0 Å². The minimum atomic E-state index is -0.390. The second kappa shape index (κ2) is 5.05. The van der Waals surface area contributed by atoms with Crippen molar-refractivity contribution in [2.75, 3.05) is 5.32 Å². The van der Waals surface area contributed by atoms with Crippen LogP contribution in [-0.2, 0) is 6.54 Å². The number of benzene rings is 1. The van der Waals surface area contributed by atoms with Crippen molar-refractivity contribution in [3.8, 4) is 5.75 Å². The number of hydrogen-bond donors (Lipinski definition) is 2. The summed E-state index contributed by atoms with van der Waals surface area (Å²) < 4.78 is 0. The highest BCUT2D eigenvalue weighted by molar-refractivity contribution is 7.13. The minimum absolute atomic E-state index is 0.147. The quantitative estimate of drug-likeness (QED) is 0.505. The van der Waals surface area contributed by atoms with Gasteiger partial charge in [0.2, 0.25) is 0 Å². The molecule has 1 heterocycles. The van der Waals surface area contributed by atoms with E-state index in [0.29, 0.717) is 6.54 Å². The molecule has 0 bridgehead atoms. The topological polar surface area (TPSA) is 75.4 Å². The maximum atomic E-state index is 10.5. The summed E-state index contributed by atoms with van der Waals surface area (Å²) in [5.41, 5.74) is 2.54. The molecule has 0 fully saturated rings. The van der Waals surface area contributed by atoms with Gasteiger partial charge in [0.05, 0.1) is 4.92 Å². The van der Waals surface area contributed by atoms with E-state index in [9.17, 15) is 15.2 Å². The maximum Gasteiger partial charge on any atom is 0.324 e. The van der Waals surface area contributed by atoms with E-state index >= 15 is 0 Å². The number of thiophene rings is 1. The van der Waals surface area contributed by atoms with E-state index in [4.69, 9.17) is 0 Å². The summed E-state index contributed by atoms with van der Waals surface area (Å²) in [6, 6.07) is 6.78. The average Bonchev–Trinajstić information content (AvgIpc) is 2.79. The molecule has 1 aromatic heterocycles. The summed E-state index contributed by atoms with van der Waals surface area (Å²) in [4.78, 5) is 10.1. The number of aromatic hydroxyl groups is 1. The molecule has 0 unspecified atom stereocenters. The SMILES string of the molecule is Cc1cc(NCc2csc([N+](=O)[O-])c2)ccc1O. The molecule has 0 amide bonds. The van der Waals surface area contributed by atoms with Crippen molar-refractivity contribution in [1.82, 2.24) is 0 Å². The van der Waals surface area contributed by atoms with Gasteiger partial charge >= 0.3 is 5.00 Å². The van der Waals surface area contributed by atoms with Gasteiger partial charge in [0.25, 0.3) is 0 Å². The van der Waals surface area contributed by atoms with Crippen LogP contribution in [0.1, 0.15) is 11.1 Å². The van der Waals surface area contributed by atoms with Gasteiger partial charge in [-0.3, -0.25) is 10.1 Å². The lowest BCUT2D eigenvalue weighted by Crippen LogP contribution is -1.98. The molecule has 0 aliphatic rings. The van der Waals surface area contributed by atoms with Crippen molar-refractivity contribution in [2.24, 2.45) is 0 Å². The molecule has 5 nitrogen and oxygen atoms in total. The highest BCUT2D eigenvalue weighted by Gasteiger charge is 2.09. The Morgan fingerprint density at radius 3 is 2.83 bits per heavy atom. The number of nitrogens with zero attached hydrogens (tertiary/aromatic N) is 1. The highest BCUT2D eigenvalue weighted by atomic mass is 32.1. The Balaban J connectivity index is 2.02. The fourth-order valence-electron chi connectivity index (χ4n) is 1.52. The highest BCUT2D eigenvalue weighted by Crippen LogP contribution is 2.24. The van der Waals surface area contributed by atoms with Crippen LogP contribution in [0.4, 0.5) is 10.7 Å². The van der Waals surface area contributed by atoms with Gasteiger partial charge in [-0.25, -0.2) is 0 Å². The molecule has 0 radical (unpaired) electrons. The van der Waals surface area contributed by atoms with Gasteiger partial charge in [-0.2, -0.15) is 0 Å². The van der Waals surface area contributed by atoms with E-state index in [2.05, 4.69) is 5.32 Å². The minimum Gasteiger partial charge on any atom is -0.508 e. The monoisotopic (exact) mass is 264 g/mol. The van der Waals surface area contributed by atoms with Crippen LogP contribution in [0.2, 0.25) is 0 Å². The van der Waals surface area contributed by atoms with Gasteiger partial charge < -0.3 is 10.4 Å². The number of rotatable bonds is 4. The molecule has 94 valence electrons. The number of nitro groups is 1. The Hall–Kier alpha value is -2.08. The van der Waals surface area contributed by atoms with Gasteiger partial charge in [0.1, 0.15) is 5.75 Å². The van der Waals surface area contributed by atoms with Crippen LogP contribution in [0.15, 0.2) is 29.6 Å². The predicted molar refractivity (Wildman–Crippen MR) is 71.1 cm³/mol. The van der Waals surface area contributed by atoms with Crippen molar-refractivity contribution in [1.29, 1.82) is 0 Å². The molecule has 0 spiro atoms. The first-order chi connectivity index (χ1) is 8.56. The number of anilines is 1. The number of aryl methyl sites for hydroxylation is 1. The van der Waals surface area contributed by atoms with E-state index in [1.54, 1.807) is 23.6 Å². The molecule has 0 saturated heterocycles. The summed E-state index contributed by atoms with van der Waals surface area (Å²) in [7, 11) is 0. The third-order valence-electron chi connectivity index (χ3n) is 2.51. The molecule has 1 aromatic carbocycles. The van der Waals surface area contributed by atoms with Crippen molar-refractivity contribution in [2.45, 2.75) is 13.5 Å². The molecule has 2 N–H and O–H groups in total. The van der Waals surface area contributed by atoms with Gasteiger partial charge in [0, 0.05) is 23.7 Å². The Bertz CT molecular complexity index is 580. The molecule has 0 aliphatic carbocycles. The van der Waals surface area contributed by atoms with Crippen molar-refractivity contribution in [3.05, 3.63) is 50.9 Å². The fourth-order valence-corrected chi connectivity index (χ4v) is 2.25. The Morgan fingerprint density at radius 1 is 1.44 bits per heavy atom. The van der Waals surface area contributed by atoms with E-state index in [0.717, 1.165) is 28.2 Å². The number of nitrogens with one attached hydrogen (secondary N) is 1. The van der Waals surface area contributed by atoms with Crippen LogP contribution in [0.25, 0.3) is 0 Å². The molecule has 0 aliphatic heterocycles. The Morgan fingerprint density at radius 2 is 2.22 bits per heavy atom. The molecule has 2 rings (SSSR count). The number of hydrogen-bond acceptors (Lipinski definition) is 5. The molecule has 2 aromatic rings. The van der Waals surface area contributed by atoms with E-state index in [-0.39, 0.29) is 10.8 Å². The number of phenolic OH excluding ortho intramolecular Hbond substituents is 1. The summed E-state index contributed by atoms with van der Waals surface area (Å²) in [5.74, 6) is 0.256. The van der Waals surface area contributed by atoms with Crippen LogP contribution >= 0.6 is 11.3 Å². The zero-order valence-electron chi connectivity index (χ0n) is 9.71. The van der Waals surface area contributed by atoms with Gasteiger partial charge in [-0.1, -0.05) is 11.3 Å². The Kier molecular flexibility index (Phi) is 3.47. The lowest BCUT2D eigenvalue weighted by Gasteiger charge is -2.06. The fraction of sp³-hybridized carbons (Fsp3) is 0.167. The van der Waals surface area contributed by atoms with Crippen LogP contribution in [0, 0.1) is 17.0 Å². The first kappa shape index (κ1) is 12.4. The lowest BCUT2D eigenvalue weighted by atomic mass is 10.2. The van der Waals surface area contributed by atoms with E-state index in [1.807, 2.05) is 13.0 Å². The van der Waals surface area contributed by atoms with Crippen LogP contribution in [0.5, 0.6) is 5.75 Å². The van der Waals surface area contributed by atoms with Crippen molar-refractivity contribution >= 4 is 22.0 Å². The van der Waals surface area contributed by atoms with Gasteiger partial charge in [0.15, 0.2) is 0 Å². The molecule has 0 atom stereocenters. The maximum absolute atomic E-state index is 10.5. The zero-order chi connectivity index (χ0) is 13.1. The average molecular weight is 264 g/mol. The summed E-state index contributed by atoms with van der Waals surface area (Å²) in [6.07, 6.45) is 0. The zero-order valence-corrected chi connectivity index (χ0v) is 10.5. The smallest absolute Gasteiger partial charge is 0.324 e. The largest absolute Gasteiger partial charge is 0.508 e. The summed E-state index contributed by atoms with van der Waals surface area (Å²) >= 11 is 1.12. The Labute approximate surface area is 108 Å². The third kappa shape index (κ3) is 2.78. The van der Waals surface area contributed by atoms with E-state index < -0.39 is 4.92 Å². The second-order valence-electron chi connectivity index (χ2n) is 3.91. The van der Waals surface area contributed by atoms with Crippen molar-refractivity contribution < 1.29 is 10.0 Å². The van der Waals surface area contributed by atoms with E-state index in [1.165, 1.54) is 0 Å². The molecule has 18 heavy (non-hydrogen) atoms. The number of phenols is 1. The first-order valence-electron chi connectivity index (χ1n) is 5.31. The van der Waals surface area contributed by atoms with Gasteiger partial charge in [-0.15, -0.1) is 0 Å². The predicted octanol–water partition coefficient (Wildman–Crippen LogP) is 3.28. The molecule has 6 heteroatoms. The first-order valence-corrected chi connectivity index (χ1v) is 6.19. The summed E-state index contributed by atoms with van der Waals surface area (Å²) in [5, 5.41) is 25.0. The van der Waals surface area contributed by atoms with Crippen molar-refractivity contribution in [3.63, 3.8) is 0 Å². The second-order valence-corrected chi connectivity index (χ2v) is 4.79. The van der Waals surface area contributed by atoms with Gasteiger partial charge in [-0.05, 0) is 36.2 Å². The summed E-state index contributed by atoms with van der Waals surface area (Å²) in [6.45, 7) is 2.34. The third-order valence-corrected chi connectivity index (χ3v) is 3.44. The van der Waals surface area contributed by atoms with Crippen LogP contribution in [0.3, 0.4) is 0 Å². The molecular formula is C12H12N2O3S. The normalized spacial score (nSPS) is 10.3. The molecule has 0 saturated carbocycles.